The van der Waals surface area contributed by atoms with Crippen LogP contribution in [0.15, 0.2) is 66.9 Å². The fraction of sp³-hybridized carbons (Fsp3) is 0.320. The molecule has 0 bridgehead atoms. The summed E-state index contributed by atoms with van der Waals surface area (Å²) in [5.41, 5.74) is 1.61. The van der Waals surface area contributed by atoms with Gasteiger partial charge in [-0.1, -0.05) is 30.3 Å². The number of nitrogens with zero attached hydrogens (tertiary/aromatic N) is 5. The van der Waals surface area contributed by atoms with Crippen molar-refractivity contribution in [2.24, 2.45) is 0 Å². The van der Waals surface area contributed by atoms with Crippen LogP contribution in [0.3, 0.4) is 0 Å². The molecule has 0 N–H and O–H groups in total. The molecule has 0 unspecified atom stereocenters. The van der Waals surface area contributed by atoms with Crippen LogP contribution in [0.4, 0.5) is 11.5 Å². The molecule has 8 nitrogen and oxygen atoms in total. The number of amides is 1. The number of ether oxygens (including phenoxy) is 2. The standard InChI is InChI=1S/C25H27N5O3/c31-25(22-8-4-5-9-23(22)33-21-6-2-1-3-7-21)30-12-10-28(11-13-30)20-18-24(27-26-19-20)29-14-16-32-17-15-29/h1-9,18-19H,10-17H2. The highest BCUT2D eigenvalue weighted by molar-refractivity contribution is 5.97. The Hall–Kier alpha value is -3.65. The predicted molar refractivity (Wildman–Crippen MR) is 126 cm³/mol. The number of hydrogen-bond donors (Lipinski definition) is 0. The molecule has 3 heterocycles. The van der Waals surface area contributed by atoms with E-state index in [0.717, 1.165) is 37.7 Å². The molecule has 2 aromatic carbocycles. The van der Waals surface area contributed by atoms with Crippen LogP contribution in [0.25, 0.3) is 0 Å². The van der Waals surface area contributed by atoms with Crippen LogP contribution in [-0.4, -0.2) is 73.5 Å². The van der Waals surface area contributed by atoms with Gasteiger partial charge >= 0.3 is 0 Å². The Balaban J connectivity index is 1.24. The summed E-state index contributed by atoms with van der Waals surface area (Å²) in [7, 11) is 0. The first-order valence-electron chi connectivity index (χ1n) is 11.3. The van der Waals surface area contributed by atoms with Crippen LogP contribution in [0.1, 0.15) is 10.4 Å². The number of aromatic nitrogens is 2. The fourth-order valence-electron chi connectivity index (χ4n) is 4.15. The second-order valence-electron chi connectivity index (χ2n) is 8.06. The van der Waals surface area contributed by atoms with Crippen molar-refractivity contribution in [2.45, 2.75) is 0 Å². The highest BCUT2D eigenvalue weighted by Gasteiger charge is 2.25. The van der Waals surface area contributed by atoms with Crippen molar-refractivity contribution in [1.29, 1.82) is 0 Å². The normalized spacial score (nSPS) is 16.5. The summed E-state index contributed by atoms with van der Waals surface area (Å²) in [4.78, 5) is 19.6. The topological polar surface area (TPSA) is 71.0 Å². The van der Waals surface area contributed by atoms with Gasteiger partial charge in [0.2, 0.25) is 0 Å². The molecular formula is C25H27N5O3. The Labute approximate surface area is 193 Å². The second-order valence-corrected chi connectivity index (χ2v) is 8.06. The molecule has 0 saturated carbocycles. The summed E-state index contributed by atoms with van der Waals surface area (Å²) in [6.45, 7) is 5.81. The zero-order valence-corrected chi connectivity index (χ0v) is 18.5. The zero-order chi connectivity index (χ0) is 22.5. The summed E-state index contributed by atoms with van der Waals surface area (Å²) in [5, 5.41) is 8.52. The SMILES string of the molecule is O=C(c1ccccc1Oc1ccccc1)N1CCN(c2cnnc(N3CCOCC3)c2)CC1. The molecule has 1 amide bonds. The number of morpholine rings is 1. The Bertz CT molecular complexity index is 1080. The van der Waals surface area contributed by atoms with Crippen LogP contribution in [0, 0.1) is 0 Å². The van der Waals surface area contributed by atoms with Crippen LogP contribution in [-0.2, 0) is 4.74 Å². The van der Waals surface area contributed by atoms with E-state index < -0.39 is 0 Å². The van der Waals surface area contributed by atoms with Crippen LogP contribution in [0.5, 0.6) is 11.5 Å². The molecule has 0 aliphatic carbocycles. The van der Waals surface area contributed by atoms with E-state index >= 15 is 0 Å². The van der Waals surface area contributed by atoms with E-state index in [9.17, 15) is 4.79 Å². The number of benzene rings is 2. The Morgan fingerprint density at radius 3 is 2.36 bits per heavy atom. The van der Waals surface area contributed by atoms with Gasteiger partial charge in [0, 0.05) is 45.3 Å². The lowest BCUT2D eigenvalue weighted by atomic mass is 10.1. The van der Waals surface area contributed by atoms with Gasteiger partial charge in [-0.15, -0.1) is 5.10 Å². The predicted octanol–water partition coefficient (Wildman–Crippen LogP) is 3.07. The van der Waals surface area contributed by atoms with E-state index in [0.29, 0.717) is 43.4 Å². The minimum Gasteiger partial charge on any atom is -0.457 e. The van der Waals surface area contributed by atoms with Crippen LogP contribution in [0.2, 0.25) is 0 Å². The summed E-state index contributed by atoms with van der Waals surface area (Å²) < 4.78 is 11.4. The van der Waals surface area contributed by atoms with Gasteiger partial charge in [-0.05, 0) is 24.3 Å². The first-order chi connectivity index (χ1) is 16.3. The van der Waals surface area contributed by atoms with Crippen LogP contribution < -0.4 is 14.5 Å². The number of carbonyl (C=O) groups is 1. The molecule has 0 atom stereocenters. The van der Waals surface area contributed by atoms with Crippen molar-refractivity contribution in [3.8, 4) is 11.5 Å². The first-order valence-corrected chi connectivity index (χ1v) is 11.3. The third-order valence-electron chi connectivity index (χ3n) is 5.98. The monoisotopic (exact) mass is 445 g/mol. The third-order valence-corrected chi connectivity index (χ3v) is 5.98. The van der Waals surface area contributed by atoms with E-state index in [1.54, 1.807) is 6.20 Å². The number of carbonyl (C=O) groups excluding carboxylic acids is 1. The number of hydrogen-bond acceptors (Lipinski definition) is 7. The quantitative estimate of drug-likeness (QED) is 0.598. The van der Waals surface area contributed by atoms with E-state index in [4.69, 9.17) is 9.47 Å². The van der Waals surface area contributed by atoms with Crippen LogP contribution >= 0.6 is 0 Å². The maximum absolute atomic E-state index is 13.3. The maximum Gasteiger partial charge on any atom is 0.257 e. The molecule has 2 aliphatic heterocycles. The number of piperazine rings is 1. The summed E-state index contributed by atoms with van der Waals surface area (Å²) in [6.07, 6.45) is 1.80. The highest BCUT2D eigenvalue weighted by atomic mass is 16.5. The highest BCUT2D eigenvalue weighted by Crippen LogP contribution is 2.27. The summed E-state index contributed by atoms with van der Waals surface area (Å²) in [6, 6.07) is 19.0. The summed E-state index contributed by atoms with van der Waals surface area (Å²) in [5.74, 6) is 2.15. The second kappa shape index (κ2) is 9.87. The maximum atomic E-state index is 13.3. The van der Waals surface area contributed by atoms with Crippen molar-refractivity contribution >= 4 is 17.4 Å². The van der Waals surface area contributed by atoms with Crippen molar-refractivity contribution in [2.75, 3.05) is 62.3 Å². The lowest BCUT2D eigenvalue weighted by Gasteiger charge is -2.36. The van der Waals surface area contributed by atoms with E-state index in [2.05, 4.69) is 26.1 Å². The Morgan fingerprint density at radius 2 is 1.58 bits per heavy atom. The van der Waals surface area contributed by atoms with Crippen molar-refractivity contribution in [3.05, 3.63) is 72.4 Å². The fourth-order valence-corrected chi connectivity index (χ4v) is 4.15. The van der Waals surface area contributed by atoms with E-state index in [1.807, 2.05) is 59.5 Å². The molecule has 2 saturated heterocycles. The molecule has 170 valence electrons. The summed E-state index contributed by atoms with van der Waals surface area (Å²) >= 11 is 0. The molecule has 0 spiro atoms. The van der Waals surface area contributed by atoms with E-state index in [1.165, 1.54) is 0 Å². The molecule has 1 aromatic heterocycles. The number of rotatable bonds is 5. The molecule has 2 aliphatic rings. The molecule has 8 heteroatoms. The van der Waals surface area contributed by atoms with Crippen molar-refractivity contribution < 1.29 is 14.3 Å². The minimum absolute atomic E-state index is 0.0111. The lowest BCUT2D eigenvalue weighted by Crippen LogP contribution is -2.49. The van der Waals surface area contributed by atoms with Gasteiger partial charge in [0.05, 0.1) is 30.7 Å². The van der Waals surface area contributed by atoms with Gasteiger partial charge in [0.15, 0.2) is 5.82 Å². The molecule has 0 radical (unpaired) electrons. The average molecular weight is 446 g/mol. The Kier molecular flexibility index (Phi) is 6.34. The lowest BCUT2D eigenvalue weighted by molar-refractivity contribution is 0.0744. The van der Waals surface area contributed by atoms with E-state index in [-0.39, 0.29) is 5.91 Å². The Morgan fingerprint density at radius 1 is 0.848 bits per heavy atom. The van der Waals surface area contributed by atoms with Crippen molar-refractivity contribution in [1.82, 2.24) is 15.1 Å². The molecule has 5 rings (SSSR count). The molecular weight excluding hydrogens is 418 g/mol. The third kappa shape index (κ3) is 4.90. The van der Waals surface area contributed by atoms with Gasteiger partial charge in [-0.25, -0.2) is 0 Å². The molecule has 2 fully saturated rings. The number of para-hydroxylation sites is 2. The largest absolute Gasteiger partial charge is 0.457 e. The molecule has 3 aromatic rings. The van der Waals surface area contributed by atoms with Crippen molar-refractivity contribution in [3.63, 3.8) is 0 Å². The van der Waals surface area contributed by atoms with Gasteiger partial charge in [0.25, 0.3) is 5.91 Å². The minimum atomic E-state index is -0.0111. The van der Waals surface area contributed by atoms with Gasteiger partial charge in [0.1, 0.15) is 11.5 Å². The first kappa shape index (κ1) is 21.2. The average Bonchev–Trinajstić information content (AvgIpc) is 2.90. The van der Waals surface area contributed by atoms with Gasteiger partial charge < -0.3 is 24.2 Å². The number of anilines is 2. The van der Waals surface area contributed by atoms with Gasteiger partial charge in [-0.2, -0.15) is 5.10 Å². The smallest absolute Gasteiger partial charge is 0.257 e. The zero-order valence-electron chi connectivity index (χ0n) is 18.5. The molecule has 33 heavy (non-hydrogen) atoms. The van der Waals surface area contributed by atoms with Gasteiger partial charge in [-0.3, -0.25) is 4.79 Å².